The molecule has 1 fully saturated rings. The number of carbonyl (C=O) groups excluding carboxylic acids is 1. The summed E-state index contributed by atoms with van der Waals surface area (Å²) in [6.07, 6.45) is 3.11. The van der Waals surface area contributed by atoms with Crippen molar-refractivity contribution in [1.29, 1.82) is 0 Å². The summed E-state index contributed by atoms with van der Waals surface area (Å²) in [6, 6.07) is 9.31. The largest absolute Gasteiger partial charge is 0.464 e. The first-order valence-electron chi connectivity index (χ1n) is 8.42. The minimum absolute atomic E-state index is 0.143. The second-order valence-electron chi connectivity index (χ2n) is 6.05. The molecule has 2 aromatic rings. The third kappa shape index (κ3) is 5.00. The van der Waals surface area contributed by atoms with Crippen LogP contribution in [0.4, 0.5) is 0 Å². The molecule has 1 aromatic carbocycles. The van der Waals surface area contributed by atoms with Crippen molar-refractivity contribution in [2.75, 3.05) is 33.3 Å². The molecule has 0 N–H and O–H groups in total. The fourth-order valence-electron chi connectivity index (χ4n) is 2.71. The molecule has 27 heavy (non-hydrogen) atoms. The van der Waals surface area contributed by atoms with Crippen molar-refractivity contribution in [1.82, 2.24) is 24.2 Å². The number of carbonyl (C=O) groups is 1. The van der Waals surface area contributed by atoms with Gasteiger partial charge in [0.25, 0.3) is 0 Å². The van der Waals surface area contributed by atoms with Gasteiger partial charge in [-0.25, -0.2) is 17.9 Å². The molecular formula is C17H21N5O4S. The van der Waals surface area contributed by atoms with Gasteiger partial charge in [0.15, 0.2) is 5.69 Å². The average Bonchev–Trinajstić information content (AvgIpc) is 3.15. The summed E-state index contributed by atoms with van der Waals surface area (Å²) in [5.74, 6) is -0.539. The Morgan fingerprint density at radius 2 is 1.89 bits per heavy atom. The van der Waals surface area contributed by atoms with Crippen LogP contribution in [0.15, 0.2) is 41.9 Å². The lowest BCUT2D eigenvalue weighted by Gasteiger charge is -2.32. The third-order valence-corrected chi connectivity index (χ3v) is 5.77. The van der Waals surface area contributed by atoms with Gasteiger partial charge in [-0.1, -0.05) is 35.5 Å². The van der Waals surface area contributed by atoms with Crippen LogP contribution in [0.25, 0.3) is 6.08 Å². The van der Waals surface area contributed by atoms with E-state index in [1.54, 1.807) is 6.08 Å². The number of methoxy groups -OCH3 is 1. The highest BCUT2D eigenvalue weighted by atomic mass is 32.2. The Morgan fingerprint density at radius 3 is 2.56 bits per heavy atom. The number of ether oxygens (including phenoxy) is 1. The van der Waals surface area contributed by atoms with E-state index < -0.39 is 16.0 Å². The Kier molecular flexibility index (Phi) is 5.99. The number of piperazine rings is 1. The summed E-state index contributed by atoms with van der Waals surface area (Å²) < 4.78 is 32.5. The number of hydrogen-bond acceptors (Lipinski definition) is 7. The minimum atomic E-state index is -3.46. The maximum absolute atomic E-state index is 12.5. The Bertz CT molecular complexity index is 902. The van der Waals surface area contributed by atoms with Crippen molar-refractivity contribution in [3.8, 4) is 0 Å². The van der Waals surface area contributed by atoms with E-state index in [4.69, 9.17) is 0 Å². The van der Waals surface area contributed by atoms with Gasteiger partial charge in [-0.2, -0.15) is 4.31 Å². The lowest BCUT2D eigenvalue weighted by molar-refractivity contribution is 0.0593. The first-order valence-corrected chi connectivity index (χ1v) is 9.92. The van der Waals surface area contributed by atoms with Crippen molar-refractivity contribution in [2.45, 2.75) is 6.67 Å². The van der Waals surface area contributed by atoms with Gasteiger partial charge in [0.1, 0.15) is 0 Å². The average molecular weight is 391 g/mol. The van der Waals surface area contributed by atoms with Crippen LogP contribution in [-0.2, 0) is 21.4 Å². The zero-order chi connectivity index (χ0) is 19.3. The van der Waals surface area contributed by atoms with E-state index >= 15 is 0 Å². The number of nitrogens with zero attached hydrogens (tertiary/aromatic N) is 5. The standard InChI is InChI=1S/C17H21N5O4S/c1-26-17(23)16-13-21(19-18-16)14-20-8-10-22(11-9-20)27(24,25)12-7-15-5-3-2-4-6-15/h2-7,12-13H,8-11,14H2,1H3/b12-7+. The number of benzene rings is 1. The lowest BCUT2D eigenvalue weighted by Crippen LogP contribution is -2.48. The Morgan fingerprint density at radius 1 is 1.19 bits per heavy atom. The predicted molar refractivity (Wildman–Crippen MR) is 98.9 cm³/mol. The summed E-state index contributed by atoms with van der Waals surface area (Å²) in [6.45, 7) is 2.33. The Labute approximate surface area is 157 Å². The van der Waals surface area contributed by atoms with Crippen molar-refractivity contribution in [2.24, 2.45) is 0 Å². The number of esters is 1. The lowest BCUT2D eigenvalue weighted by atomic mass is 10.2. The number of aromatic nitrogens is 3. The molecule has 2 heterocycles. The second-order valence-corrected chi connectivity index (χ2v) is 7.87. The molecule has 1 aromatic heterocycles. The molecule has 144 valence electrons. The van der Waals surface area contributed by atoms with Gasteiger partial charge >= 0.3 is 5.97 Å². The molecule has 1 saturated heterocycles. The van der Waals surface area contributed by atoms with E-state index in [0.717, 1.165) is 5.56 Å². The van der Waals surface area contributed by atoms with Crippen LogP contribution < -0.4 is 0 Å². The molecule has 10 heteroatoms. The fourth-order valence-corrected chi connectivity index (χ4v) is 3.88. The number of sulfonamides is 1. The zero-order valence-electron chi connectivity index (χ0n) is 14.9. The van der Waals surface area contributed by atoms with Gasteiger partial charge in [0.2, 0.25) is 10.0 Å². The Balaban J connectivity index is 1.54. The van der Waals surface area contributed by atoms with Crippen molar-refractivity contribution < 1.29 is 17.9 Å². The molecule has 0 bridgehead atoms. The molecule has 3 rings (SSSR count). The van der Waals surface area contributed by atoms with Gasteiger partial charge in [-0.15, -0.1) is 5.10 Å². The van der Waals surface area contributed by atoms with Gasteiger partial charge in [-0.05, 0) is 11.6 Å². The first-order chi connectivity index (χ1) is 13.0. The van der Waals surface area contributed by atoms with Crippen molar-refractivity contribution >= 4 is 22.1 Å². The molecule has 1 aliphatic heterocycles. The van der Waals surface area contributed by atoms with E-state index in [2.05, 4.69) is 15.0 Å². The van der Waals surface area contributed by atoms with E-state index in [1.807, 2.05) is 35.2 Å². The second kappa shape index (κ2) is 8.42. The maximum Gasteiger partial charge on any atom is 0.360 e. The molecule has 0 atom stereocenters. The normalized spacial score (nSPS) is 16.6. The molecule has 0 unspecified atom stereocenters. The monoisotopic (exact) mass is 391 g/mol. The van der Waals surface area contributed by atoms with Crippen molar-refractivity contribution in [3.63, 3.8) is 0 Å². The molecule has 1 aliphatic rings. The minimum Gasteiger partial charge on any atom is -0.464 e. The van der Waals surface area contributed by atoms with Crippen LogP contribution in [0.1, 0.15) is 16.1 Å². The van der Waals surface area contributed by atoms with Gasteiger partial charge in [0, 0.05) is 31.6 Å². The number of rotatable bonds is 6. The molecule has 0 aliphatic carbocycles. The van der Waals surface area contributed by atoms with Crippen LogP contribution in [-0.4, -0.2) is 71.9 Å². The summed E-state index contributed by atoms with van der Waals surface area (Å²) in [4.78, 5) is 13.4. The summed E-state index contributed by atoms with van der Waals surface area (Å²) in [5, 5.41) is 8.90. The molecule has 0 radical (unpaired) electrons. The summed E-state index contributed by atoms with van der Waals surface area (Å²) >= 11 is 0. The van der Waals surface area contributed by atoms with E-state index in [0.29, 0.717) is 32.8 Å². The van der Waals surface area contributed by atoms with Crippen LogP contribution in [0.5, 0.6) is 0 Å². The van der Waals surface area contributed by atoms with Gasteiger partial charge < -0.3 is 4.74 Å². The highest BCUT2D eigenvalue weighted by Crippen LogP contribution is 2.12. The van der Waals surface area contributed by atoms with E-state index in [-0.39, 0.29) is 5.69 Å². The smallest absolute Gasteiger partial charge is 0.360 e. The number of hydrogen-bond donors (Lipinski definition) is 0. The summed E-state index contributed by atoms with van der Waals surface area (Å²) in [7, 11) is -2.17. The molecular weight excluding hydrogens is 370 g/mol. The molecule has 0 saturated carbocycles. The zero-order valence-corrected chi connectivity index (χ0v) is 15.7. The first kappa shape index (κ1) is 19.2. The fraction of sp³-hybridized carbons (Fsp3) is 0.353. The van der Waals surface area contributed by atoms with Crippen LogP contribution in [0.2, 0.25) is 0 Å². The summed E-state index contributed by atoms with van der Waals surface area (Å²) in [5.41, 5.74) is 0.983. The third-order valence-electron chi connectivity index (χ3n) is 4.20. The molecule has 9 nitrogen and oxygen atoms in total. The topological polar surface area (TPSA) is 97.6 Å². The molecule has 0 spiro atoms. The highest BCUT2D eigenvalue weighted by Gasteiger charge is 2.25. The highest BCUT2D eigenvalue weighted by molar-refractivity contribution is 7.92. The van der Waals surface area contributed by atoms with Gasteiger partial charge in [0.05, 0.1) is 20.0 Å². The van der Waals surface area contributed by atoms with Crippen LogP contribution in [0.3, 0.4) is 0 Å². The predicted octanol–water partition coefficient (Wildman–Crippen LogP) is 0.640. The molecule has 0 amide bonds. The van der Waals surface area contributed by atoms with E-state index in [1.165, 1.54) is 27.7 Å². The quantitative estimate of drug-likeness (QED) is 0.667. The van der Waals surface area contributed by atoms with Crippen molar-refractivity contribution in [3.05, 3.63) is 53.2 Å². The van der Waals surface area contributed by atoms with Crippen LogP contribution >= 0.6 is 0 Å². The Hall–Kier alpha value is -2.56. The SMILES string of the molecule is COC(=O)c1cn(CN2CCN(S(=O)(=O)/C=C/c3ccccc3)CC2)nn1. The van der Waals surface area contributed by atoms with Crippen LogP contribution in [0, 0.1) is 0 Å². The van der Waals surface area contributed by atoms with Gasteiger partial charge in [-0.3, -0.25) is 4.90 Å². The van der Waals surface area contributed by atoms with E-state index in [9.17, 15) is 13.2 Å². The maximum atomic E-state index is 12.5.